The normalized spacial score (nSPS) is 14.9. The van der Waals surface area contributed by atoms with E-state index >= 15 is 0 Å². The minimum Gasteiger partial charge on any atom is -0.497 e. The number of carbonyl (C=O) groups is 2. The van der Waals surface area contributed by atoms with Crippen LogP contribution in [-0.2, 0) is 22.6 Å². The van der Waals surface area contributed by atoms with Crippen LogP contribution in [0.2, 0.25) is 0 Å². The number of methoxy groups -OCH3 is 2. The molecule has 178 valence electrons. The maximum Gasteiger partial charge on any atom is 0.243 e. The van der Waals surface area contributed by atoms with E-state index in [1.807, 2.05) is 55.5 Å². The van der Waals surface area contributed by atoms with Crippen LogP contribution in [-0.4, -0.2) is 43.0 Å². The van der Waals surface area contributed by atoms with E-state index in [2.05, 4.69) is 5.32 Å². The predicted octanol–water partition coefficient (Wildman–Crippen LogP) is 4.50. The Morgan fingerprint density at radius 3 is 1.97 bits per heavy atom. The number of amides is 2. The highest BCUT2D eigenvalue weighted by molar-refractivity contribution is 5.88. The number of hydrogen-bond acceptors (Lipinski definition) is 4. The molecule has 33 heavy (non-hydrogen) atoms. The Labute approximate surface area is 197 Å². The van der Waals surface area contributed by atoms with Gasteiger partial charge in [-0.15, -0.1) is 0 Å². The number of ether oxygens (including phenoxy) is 2. The predicted molar refractivity (Wildman–Crippen MR) is 129 cm³/mol. The van der Waals surface area contributed by atoms with E-state index in [0.29, 0.717) is 13.0 Å². The van der Waals surface area contributed by atoms with E-state index in [1.165, 1.54) is 6.42 Å². The third kappa shape index (κ3) is 6.98. The molecule has 0 radical (unpaired) electrons. The van der Waals surface area contributed by atoms with Crippen LogP contribution in [0.5, 0.6) is 11.5 Å². The van der Waals surface area contributed by atoms with Crippen LogP contribution in [0.3, 0.4) is 0 Å². The molecule has 2 aromatic carbocycles. The summed E-state index contributed by atoms with van der Waals surface area (Å²) < 4.78 is 10.5. The standard InChI is InChI=1S/C27H36N2O4/c1-4-25(27(31)28-22-8-6-5-7-9-22)29(19-21-12-16-24(33-3)17-13-21)26(30)18-20-10-14-23(32-2)15-11-20/h10-17,22,25H,4-9,18-19H2,1-3H3,(H,28,31). The second kappa shape index (κ2) is 12.3. The zero-order chi connectivity index (χ0) is 23.6. The monoisotopic (exact) mass is 452 g/mol. The van der Waals surface area contributed by atoms with Crippen LogP contribution in [0.25, 0.3) is 0 Å². The van der Waals surface area contributed by atoms with Gasteiger partial charge in [0.05, 0.1) is 20.6 Å². The van der Waals surface area contributed by atoms with E-state index in [4.69, 9.17) is 9.47 Å². The fourth-order valence-electron chi connectivity index (χ4n) is 4.41. The maximum atomic E-state index is 13.5. The minimum absolute atomic E-state index is 0.0546. The van der Waals surface area contributed by atoms with E-state index in [1.54, 1.807) is 19.1 Å². The van der Waals surface area contributed by atoms with E-state index < -0.39 is 6.04 Å². The van der Waals surface area contributed by atoms with Crippen molar-refractivity contribution in [3.63, 3.8) is 0 Å². The topological polar surface area (TPSA) is 67.9 Å². The second-order valence-corrected chi connectivity index (χ2v) is 8.66. The van der Waals surface area contributed by atoms with Crippen molar-refractivity contribution in [2.45, 2.75) is 70.5 Å². The van der Waals surface area contributed by atoms with Crippen LogP contribution in [0, 0.1) is 0 Å². The number of nitrogens with zero attached hydrogens (tertiary/aromatic N) is 1. The largest absolute Gasteiger partial charge is 0.497 e. The van der Waals surface area contributed by atoms with Gasteiger partial charge in [0, 0.05) is 12.6 Å². The molecule has 0 bridgehead atoms. The molecule has 1 atom stereocenters. The summed E-state index contributed by atoms with van der Waals surface area (Å²) in [6, 6.07) is 14.8. The van der Waals surface area contributed by atoms with Gasteiger partial charge < -0.3 is 19.7 Å². The Morgan fingerprint density at radius 2 is 1.45 bits per heavy atom. The van der Waals surface area contributed by atoms with Crippen molar-refractivity contribution >= 4 is 11.8 Å². The van der Waals surface area contributed by atoms with E-state index in [-0.39, 0.29) is 24.3 Å². The maximum absolute atomic E-state index is 13.5. The first-order valence-corrected chi connectivity index (χ1v) is 11.9. The SMILES string of the molecule is CCC(C(=O)NC1CCCCC1)N(Cc1ccc(OC)cc1)C(=O)Cc1ccc(OC)cc1. The first-order valence-electron chi connectivity index (χ1n) is 11.9. The molecular formula is C27H36N2O4. The fourth-order valence-corrected chi connectivity index (χ4v) is 4.41. The lowest BCUT2D eigenvalue weighted by atomic mass is 9.95. The molecule has 2 amide bonds. The lowest BCUT2D eigenvalue weighted by Crippen LogP contribution is -2.51. The first kappa shape index (κ1) is 24.6. The molecule has 1 unspecified atom stereocenters. The highest BCUT2D eigenvalue weighted by Gasteiger charge is 2.30. The molecule has 2 aromatic rings. The average molecular weight is 453 g/mol. The smallest absolute Gasteiger partial charge is 0.243 e. The highest BCUT2D eigenvalue weighted by atomic mass is 16.5. The summed E-state index contributed by atoms with van der Waals surface area (Å²) >= 11 is 0. The molecule has 0 aromatic heterocycles. The third-order valence-electron chi connectivity index (χ3n) is 6.36. The molecule has 6 heteroatoms. The fraction of sp³-hybridized carbons (Fsp3) is 0.481. The number of carbonyl (C=O) groups excluding carboxylic acids is 2. The molecule has 1 aliphatic rings. The molecule has 0 saturated heterocycles. The van der Waals surface area contributed by atoms with Gasteiger partial charge in [0.25, 0.3) is 0 Å². The van der Waals surface area contributed by atoms with Gasteiger partial charge in [-0.25, -0.2) is 0 Å². The summed E-state index contributed by atoms with van der Waals surface area (Å²) in [6.07, 6.45) is 6.34. The summed E-state index contributed by atoms with van der Waals surface area (Å²) in [5.41, 5.74) is 1.85. The summed E-state index contributed by atoms with van der Waals surface area (Å²) in [5.74, 6) is 1.39. The van der Waals surface area contributed by atoms with Crippen molar-refractivity contribution in [1.29, 1.82) is 0 Å². The van der Waals surface area contributed by atoms with Crippen molar-refractivity contribution in [2.75, 3.05) is 14.2 Å². The Kier molecular flexibility index (Phi) is 9.16. The van der Waals surface area contributed by atoms with E-state index in [9.17, 15) is 9.59 Å². The van der Waals surface area contributed by atoms with Crippen molar-refractivity contribution in [2.24, 2.45) is 0 Å². The van der Waals surface area contributed by atoms with E-state index in [0.717, 1.165) is 48.3 Å². The van der Waals surface area contributed by atoms with Gasteiger partial charge in [0.15, 0.2) is 0 Å². The van der Waals surface area contributed by atoms with Crippen LogP contribution >= 0.6 is 0 Å². The van der Waals surface area contributed by atoms with Crippen LogP contribution in [0.15, 0.2) is 48.5 Å². The van der Waals surface area contributed by atoms with Crippen LogP contribution in [0.1, 0.15) is 56.6 Å². The van der Waals surface area contributed by atoms with Crippen molar-refractivity contribution < 1.29 is 19.1 Å². The summed E-state index contributed by atoms with van der Waals surface area (Å²) in [5, 5.41) is 3.22. The molecule has 0 spiro atoms. The van der Waals surface area contributed by atoms with Crippen molar-refractivity contribution in [3.8, 4) is 11.5 Å². The van der Waals surface area contributed by atoms with Gasteiger partial charge in [-0.2, -0.15) is 0 Å². The summed E-state index contributed by atoms with van der Waals surface area (Å²) in [6.45, 7) is 2.34. The molecule has 3 rings (SSSR count). The van der Waals surface area contributed by atoms with Crippen LogP contribution < -0.4 is 14.8 Å². The number of hydrogen-bond donors (Lipinski definition) is 1. The van der Waals surface area contributed by atoms with Gasteiger partial charge in [-0.05, 0) is 54.7 Å². The molecule has 1 saturated carbocycles. The quantitative estimate of drug-likeness (QED) is 0.576. The first-order chi connectivity index (χ1) is 16.0. The molecule has 1 aliphatic carbocycles. The highest BCUT2D eigenvalue weighted by Crippen LogP contribution is 2.21. The molecule has 1 fully saturated rings. The Morgan fingerprint density at radius 1 is 0.909 bits per heavy atom. The molecule has 1 N–H and O–H groups in total. The van der Waals surface area contributed by atoms with Crippen LogP contribution in [0.4, 0.5) is 0 Å². The Bertz CT molecular complexity index is 889. The number of benzene rings is 2. The number of rotatable bonds is 10. The Balaban J connectivity index is 1.79. The molecule has 0 heterocycles. The van der Waals surface area contributed by atoms with Gasteiger partial charge in [-0.3, -0.25) is 9.59 Å². The molecule has 6 nitrogen and oxygen atoms in total. The van der Waals surface area contributed by atoms with Gasteiger partial charge in [-0.1, -0.05) is 50.5 Å². The second-order valence-electron chi connectivity index (χ2n) is 8.66. The van der Waals surface area contributed by atoms with Gasteiger partial charge in [0.2, 0.25) is 11.8 Å². The average Bonchev–Trinajstić information content (AvgIpc) is 2.85. The summed E-state index contributed by atoms with van der Waals surface area (Å²) in [7, 11) is 3.25. The lowest BCUT2D eigenvalue weighted by Gasteiger charge is -2.33. The minimum atomic E-state index is -0.514. The van der Waals surface area contributed by atoms with Gasteiger partial charge >= 0.3 is 0 Å². The van der Waals surface area contributed by atoms with Crippen molar-refractivity contribution in [1.82, 2.24) is 10.2 Å². The Hall–Kier alpha value is -3.02. The lowest BCUT2D eigenvalue weighted by molar-refractivity contribution is -0.141. The summed E-state index contributed by atoms with van der Waals surface area (Å²) in [4.78, 5) is 28.5. The van der Waals surface area contributed by atoms with Crippen molar-refractivity contribution in [3.05, 3.63) is 59.7 Å². The molecule has 0 aliphatic heterocycles. The zero-order valence-electron chi connectivity index (χ0n) is 20.0. The molecular weight excluding hydrogens is 416 g/mol. The third-order valence-corrected chi connectivity index (χ3v) is 6.36. The van der Waals surface area contributed by atoms with Gasteiger partial charge in [0.1, 0.15) is 17.5 Å². The number of nitrogens with one attached hydrogen (secondary N) is 1. The zero-order valence-corrected chi connectivity index (χ0v) is 20.0.